The number of carbonyl (C=O) groups excluding carboxylic acids is 2. The number of aromatic nitrogens is 3. The molecule has 0 saturated carbocycles. The summed E-state index contributed by atoms with van der Waals surface area (Å²) in [6, 6.07) is 16.8. The van der Waals surface area contributed by atoms with Crippen LogP contribution in [0.15, 0.2) is 64.5 Å². The first-order valence-corrected chi connectivity index (χ1v) is 11.8. The number of H-pyrrole nitrogens is 1. The molecule has 0 spiro atoms. The molecule has 1 heterocycles. The smallest absolute Gasteiger partial charge is 0.326 e. The summed E-state index contributed by atoms with van der Waals surface area (Å²) in [5.74, 6) is 0.0826. The number of anilines is 1. The second kappa shape index (κ2) is 12.0. The predicted molar refractivity (Wildman–Crippen MR) is 127 cm³/mol. The molecule has 1 aromatic heterocycles. The van der Waals surface area contributed by atoms with Gasteiger partial charge in [0.1, 0.15) is 0 Å². The van der Waals surface area contributed by atoms with Crippen molar-refractivity contribution in [1.82, 2.24) is 14.8 Å². The maximum Gasteiger partial charge on any atom is 0.343 e. The molecule has 2 N–H and O–H groups in total. The van der Waals surface area contributed by atoms with Gasteiger partial charge < -0.3 is 5.32 Å². The summed E-state index contributed by atoms with van der Waals surface area (Å²) in [6.07, 6.45) is 4.19. The Morgan fingerprint density at radius 1 is 1.06 bits per heavy atom. The van der Waals surface area contributed by atoms with Crippen LogP contribution in [0.2, 0.25) is 0 Å². The van der Waals surface area contributed by atoms with Gasteiger partial charge in [0.15, 0.2) is 10.9 Å². The van der Waals surface area contributed by atoms with Crippen molar-refractivity contribution in [2.75, 3.05) is 11.1 Å². The zero-order chi connectivity index (χ0) is 22.8. The second-order valence-corrected chi connectivity index (χ2v) is 8.44. The van der Waals surface area contributed by atoms with E-state index in [0.717, 1.165) is 24.8 Å². The van der Waals surface area contributed by atoms with Crippen LogP contribution in [0.5, 0.6) is 0 Å². The number of thioether (sulfide) groups is 1. The first-order chi connectivity index (χ1) is 15.6. The van der Waals surface area contributed by atoms with Crippen molar-refractivity contribution in [2.24, 2.45) is 0 Å². The number of nitrogens with one attached hydrogen (secondary N) is 2. The normalized spacial score (nSPS) is 10.8. The number of amides is 1. The summed E-state index contributed by atoms with van der Waals surface area (Å²) in [7, 11) is 0. The van der Waals surface area contributed by atoms with Gasteiger partial charge >= 0.3 is 5.69 Å². The first kappa shape index (κ1) is 23.5. The molecule has 0 bridgehead atoms. The fourth-order valence-electron chi connectivity index (χ4n) is 3.21. The van der Waals surface area contributed by atoms with Gasteiger partial charge in [-0.2, -0.15) is 0 Å². The Morgan fingerprint density at radius 3 is 2.53 bits per heavy atom. The van der Waals surface area contributed by atoms with Crippen molar-refractivity contribution in [1.29, 1.82) is 0 Å². The average molecular weight is 453 g/mol. The van der Waals surface area contributed by atoms with Gasteiger partial charge in [0.25, 0.3) is 0 Å². The minimum Gasteiger partial charge on any atom is -0.326 e. The maximum atomic E-state index is 12.6. The zero-order valence-corrected chi connectivity index (χ0v) is 19.0. The van der Waals surface area contributed by atoms with Crippen molar-refractivity contribution >= 4 is 29.1 Å². The summed E-state index contributed by atoms with van der Waals surface area (Å²) >= 11 is 1.23. The Bertz CT molecular complexity index is 1070. The summed E-state index contributed by atoms with van der Waals surface area (Å²) in [6.45, 7) is 2.59. The summed E-state index contributed by atoms with van der Waals surface area (Å²) in [4.78, 5) is 36.6. The van der Waals surface area contributed by atoms with Crippen LogP contribution in [-0.2, 0) is 17.8 Å². The van der Waals surface area contributed by atoms with E-state index in [1.165, 1.54) is 11.8 Å². The molecule has 1 amide bonds. The van der Waals surface area contributed by atoms with Crippen molar-refractivity contribution in [3.8, 4) is 0 Å². The number of hydrogen-bond acceptors (Lipinski definition) is 5. The van der Waals surface area contributed by atoms with E-state index >= 15 is 0 Å². The van der Waals surface area contributed by atoms with Crippen LogP contribution in [0.25, 0.3) is 0 Å². The summed E-state index contributed by atoms with van der Waals surface area (Å²) < 4.78 is 1.56. The van der Waals surface area contributed by atoms with Crippen LogP contribution < -0.4 is 11.0 Å². The third kappa shape index (κ3) is 6.95. The van der Waals surface area contributed by atoms with Gasteiger partial charge in [-0.3, -0.25) is 14.2 Å². The maximum absolute atomic E-state index is 12.6. The molecule has 2 aromatic carbocycles. The van der Waals surface area contributed by atoms with Crippen LogP contribution >= 0.6 is 11.8 Å². The molecule has 0 unspecified atom stereocenters. The third-order valence-corrected chi connectivity index (χ3v) is 6.00. The molecule has 0 fully saturated rings. The minimum absolute atomic E-state index is 0.0138. The number of aryl methyl sites for hydroxylation is 1. The lowest BCUT2D eigenvalue weighted by molar-refractivity contribution is -0.116. The SMILES string of the molecule is CCCCCC(=O)Nc1ccc(C(=O)CSc2n[nH]c(=O)n2CCc2ccccc2)cc1. The van der Waals surface area contributed by atoms with Crippen LogP contribution in [0, 0.1) is 0 Å². The number of unbranched alkanes of at least 4 members (excludes halogenated alkanes) is 2. The highest BCUT2D eigenvalue weighted by Gasteiger charge is 2.13. The number of hydrogen-bond donors (Lipinski definition) is 2. The van der Waals surface area contributed by atoms with Crippen LogP contribution in [0.3, 0.4) is 0 Å². The number of benzene rings is 2. The molecule has 3 rings (SSSR count). The van der Waals surface area contributed by atoms with Crippen LogP contribution in [0.1, 0.15) is 48.5 Å². The molecule has 0 radical (unpaired) electrons. The molecular weight excluding hydrogens is 424 g/mol. The quantitative estimate of drug-likeness (QED) is 0.242. The highest BCUT2D eigenvalue weighted by atomic mass is 32.2. The molecule has 32 heavy (non-hydrogen) atoms. The number of ketones is 1. The zero-order valence-electron chi connectivity index (χ0n) is 18.2. The predicted octanol–water partition coefficient (Wildman–Crippen LogP) is 4.31. The van der Waals surface area contributed by atoms with Gasteiger partial charge in [-0.1, -0.05) is 61.9 Å². The highest BCUT2D eigenvalue weighted by Crippen LogP contribution is 2.18. The number of Topliss-reactive ketones (excluding diaryl/α,β-unsaturated/α-hetero) is 1. The molecule has 0 aliphatic heterocycles. The molecule has 0 atom stereocenters. The van der Waals surface area contributed by atoms with E-state index in [2.05, 4.69) is 22.4 Å². The van der Waals surface area contributed by atoms with E-state index in [1.807, 2.05) is 30.3 Å². The highest BCUT2D eigenvalue weighted by molar-refractivity contribution is 7.99. The topological polar surface area (TPSA) is 96.8 Å². The molecule has 168 valence electrons. The molecule has 7 nitrogen and oxygen atoms in total. The number of rotatable bonds is 12. The Morgan fingerprint density at radius 2 is 1.81 bits per heavy atom. The van der Waals surface area contributed by atoms with Gasteiger partial charge in [0.2, 0.25) is 5.91 Å². The molecule has 8 heteroatoms. The van der Waals surface area contributed by atoms with E-state index in [-0.39, 0.29) is 23.1 Å². The third-order valence-electron chi connectivity index (χ3n) is 5.02. The van der Waals surface area contributed by atoms with E-state index < -0.39 is 0 Å². The summed E-state index contributed by atoms with van der Waals surface area (Å²) in [5, 5.41) is 9.88. The second-order valence-electron chi connectivity index (χ2n) is 7.49. The van der Waals surface area contributed by atoms with Gasteiger partial charge in [-0.25, -0.2) is 9.89 Å². The average Bonchev–Trinajstić information content (AvgIpc) is 3.16. The van der Waals surface area contributed by atoms with Crippen LogP contribution in [-0.4, -0.2) is 32.2 Å². The van der Waals surface area contributed by atoms with E-state index in [9.17, 15) is 14.4 Å². The molecule has 0 aliphatic carbocycles. The van der Waals surface area contributed by atoms with Gasteiger partial charge in [0, 0.05) is 24.2 Å². The van der Waals surface area contributed by atoms with E-state index in [0.29, 0.717) is 35.8 Å². The Hall–Kier alpha value is -3.13. The van der Waals surface area contributed by atoms with Crippen molar-refractivity contribution in [3.63, 3.8) is 0 Å². The largest absolute Gasteiger partial charge is 0.343 e. The van der Waals surface area contributed by atoms with Crippen molar-refractivity contribution < 1.29 is 9.59 Å². The number of aromatic amines is 1. The Kier molecular flexibility index (Phi) is 8.86. The molecule has 0 aliphatic rings. The standard InChI is InChI=1S/C24H28N4O3S/c1-2-3-5-10-22(30)25-20-13-11-19(12-14-20)21(29)17-32-24-27-26-23(31)28(24)16-15-18-8-6-4-7-9-18/h4,6-9,11-14H,2-3,5,10,15-17H2,1H3,(H,25,30)(H,26,31). The van der Waals surface area contributed by atoms with Crippen molar-refractivity contribution in [2.45, 2.75) is 50.7 Å². The lowest BCUT2D eigenvalue weighted by atomic mass is 10.1. The fourth-order valence-corrected chi connectivity index (χ4v) is 4.08. The molecule has 0 saturated heterocycles. The lowest BCUT2D eigenvalue weighted by Gasteiger charge is -2.07. The Balaban J connectivity index is 1.52. The van der Waals surface area contributed by atoms with Crippen molar-refractivity contribution in [3.05, 3.63) is 76.2 Å². The molecular formula is C24H28N4O3S. The van der Waals surface area contributed by atoms with E-state index in [1.54, 1.807) is 28.8 Å². The van der Waals surface area contributed by atoms with Gasteiger partial charge in [0.05, 0.1) is 5.75 Å². The van der Waals surface area contributed by atoms with Gasteiger partial charge in [-0.15, -0.1) is 5.10 Å². The van der Waals surface area contributed by atoms with E-state index in [4.69, 9.17) is 0 Å². The monoisotopic (exact) mass is 452 g/mol. The molecule has 3 aromatic rings. The lowest BCUT2D eigenvalue weighted by Crippen LogP contribution is -2.19. The van der Waals surface area contributed by atoms with Gasteiger partial charge in [-0.05, 0) is 42.7 Å². The Labute approximate surface area is 191 Å². The minimum atomic E-state index is -0.282. The fraction of sp³-hybridized carbons (Fsp3) is 0.333. The number of carbonyl (C=O) groups is 2. The number of nitrogens with zero attached hydrogens (tertiary/aromatic N) is 2. The summed E-state index contributed by atoms with van der Waals surface area (Å²) in [5.41, 5.74) is 2.08. The van der Waals surface area contributed by atoms with Crippen LogP contribution in [0.4, 0.5) is 5.69 Å². The first-order valence-electron chi connectivity index (χ1n) is 10.8.